The fourth-order valence-electron chi connectivity index (χ4n) is 3.82. The molecule has 0 unspecified atom stereocenters. The monoisotopic (exact) mass is 430 g/mol. The molecular weight excluding hydrogens is 408 g/mol. The van der Waals surface area contributed by atoms with E-state index in [2.05, 4.69) is 15.1 Å². The molecule has 0 atom stereocenters. The second-order valence-electron chi connectivity index (χ2n) is 7.00. The number of H-pyrrole nitrogens is 1. The Morgan fingerprint density at radius 1 is 1.07 bits per heavy atom. The number of methoxy groups -OCH3 is 2. The summed E-state index contributed by atoms with van der Waals surface area (Å²) in [7, 11) is 3.30. The van der Waals surface area contributed by atoms with Gasteiger partial charge in [0.05, 0.1) is 24.9 Å². The first-order valence-electron chi connectivity index (χ1n) is 9.51. The average Bonchev–Trinajstić information content (AvgIpc) is 3.15. The fourth-order valence-corrected chi connectivity index (χ4v) is 4.26. The quantitative estimate of drug-likeness (QED) is 0.578. The summed E-state index contributed by atoms with van der Waals surface area (Å²) in [5.41, 5.74) is 2.08. The van der Waals surface area contributed by atoms with Gasteiger partial charge < -0.3 is 14.4 Å². The van der Waals surface area contributed by atoms with Gasteiger partial charge in [-0.1, -0.05) is 17.7 Å². The van der Waals surface area contributed by atoms with Crippen LogP contribution in [0, 0.1) is 4.77 Å². The normalized spacial score (nSPS) is 14.8. The highest BCUT2D eigenvalue weighted by atomic mass is 35.5. The van der Waals surface area contributed by atoms with Gasteiger partial charge in [0.25, 0.3) is 0 Å². The summed E-state index contributed by atoms with van der Waals surface area (Å²) in [5.74, 6) is 2.78. The Balaban J connectivity index is 1.54. The Kier molecular flexibility index (Phi) is 5.78. The lowest BCUT2D eigenvalue weighted by Gasteiger charge is -2.33. The third-order valence-corrected chi connectivity index (χ3v) is 5.96. The Labute approximate surface area is 180 Å². The first-order valence-corrected chi connectivity index (χ1v) is 10.3. The van der Waals surface area contributed by atoms with Crippen LogP contribution in [0.3, 0.4) is 0 Å². The topological polar surface area (TPSA) is 55.3 Å². The number of nitrogens with one attached hydrogen (secondary N) is 1. The van der Waals surface area contributed by atoms with Crippen LogP contribution in [0.2, 0.25) is 5.02 Å². The van der Waals surface area contributed by atoms with Crippen LogP contribution < -0.4 is 14.4 Å². The molecule has 1 aliphatic rings. The number of hydrogen-bond acceptors (Lipinski definition) is 5. The van der Waals surface area contributed by atoms with Crippen molar-refractivity contribution in [2.75, 3.05) is 32.2 Å². The van der Waals surface area contributed by atoms with Gasteiger partial charge >= 0.3 is 0 Å². The van der Waals surface area contributed by atoms with Crippen molar-refractivity contribution in [3.8, 4) is 17.2 Å². The lowest BCUT2D eigenvalue weighted by Crippen LogP contribution is -2.33. The third-order valence-electron chi connectivity index (χ3n) is 5.37. The third kappa shape index (κ3) is 3.97. The van der Waals surface area contributed by atoms with Crippen molar-refractivity contribution in [2.24, 2.45) is 0 Å². The summed E-state index contributed by atoms with van der Waals surface area (Å²) in [6.45, 7) is 1.85. The number of nitrogens with zero attached hydrogens (tertiary/aromatic N) is 3. The molecule has 8 heteroatoms. The highest BCUT2D eigenvalue weighted by molar-refractivity contribution is 7.71. The van der Waals surface area contributed by atoms with E-state index in [9.17, 15) is 0 Å². The summed E-state index contributed by atoms with van der Waals surface area (Å²) in [6.07, 6.45) is 1.96. The summed E-state index contributed by atoms with van der Waals surface area (Å²) in [6, 6.07) is 13.8. The predicted octanol–water partition coefficient (Wildman–Crippen LogP) is 4.98. The molecule has 6 nitrogen and oxygen atoms in total. The van der Waals surface area contributed by atoms with Crippen LogP contribution in [0.15, 0.2) is 42.5 Å². The van der Waals surface area contributed by atoms with Gasteiger partial charge in [-0.05, 0) is 49.3 Å². The number of anilines is 1. The molecule has 2 heterocycles. The zero-order valence-corrected chi connectivity index (χ0v) is 18.0. The SMILES string of the molecule is COc1cccc(-n2c(C3CCN(c4ccc(Cl)c(OC)c4)CC3)n[nH]c2=S)c1. The summed E-state index contributed by atoms with van der Waals surface area (Å²) < 4.78 is 13.3. The predicted molar refractivity (Wildman–Crippen MR) is 117 cm³/mol. The van der Waals surface area contributed by atoms with Crippen LogP contribution in [0.25, 0.3) is 5.69 Å². The molecule has 1 aromatic heterocycles. The molecule has 29 heavy (non-hydrogen) atoms. The zero-order valence-electron chi connectivity index (χ0n) is 16.4. The minimum Gasteiger partial charge on any atom is -0.497 e. The first-order chi connectivity index (χ1) is 14.1. The van der Waals surface area contributed by atoms with Crippen molar-refractivity contribution in [2.45, 2.75) is 18.8 Å². The van der Waals surface area contributed by atoms with E-state index in [1.807, 2.05) is 47.0 Å². The van der Waals surface area contributed by atoms with Gasteiger partial charge in [0.15, 0.2) is 4.77 Å². The Hall–Kier alpha value is -2.51. The van der Waals surface area contributed by atoms with Gasteiger partial charge in [-0.3, -0.25) is 9.67 Å². The standard InChI is InChI=1S/C21H23ClN4O2S/c1-27-17-5-3-4-16(12-17)26-20(23-24-21(26)29)14-8-10-25(11-9-14)15-6-7-18(22)19(13-15)28-2/h3-7,12-14H,8-11H2,1-2H3,(H,24,29). The average molecular weight is 431 g/mol. The second kappa shape index (κ2) is 8.47. The van der Waals surface area contributed by atoms with Crippen molar-refractivity contribution in [1.82, 2.24) is 14.8 Å². The number of piperidine rings is 1. The number of aromatic amines is 1. The first kappa shape index (κ1) is 19.8. The molecule has 0 amide bonds. The number of halogens is 1. The van der Waals surface area contributed by atoms with Crippen molar-refractivity contribution in [1.29, 1.82) is 0 Å². The molecule has 3 aromatic rings. The maximum Gasteiger partial charge on any atom is 0.199 e. The van der Waals surface area contributed by atoms with E-state index in [-0.39, 0.29) is 0 Å². The molecule has 1 fully saturated rings. The summed E-state index contributed by atoms with van der Waals surface area (Å²) >= 11 is 11.7. The van der Waals surface area contributed by atoms with E-state index in [0.717, 1.165) is 48.9 Å². The number of benzene rings is 2. The van der Waals surface area contributed by atoms with Gasteiger partial charge in [-0.25, -0.2) is 0 Å². The number of rotatable bonds is 5. The lowest BCUT2D eigenvalue weighted by molar-refractivity contribution is 0.414. The van der Waals surface area contributed by atoms with Crippen LogP contribution in [-0.4, -0.2) is 42.1 Å². The van der Waals surface area contributed by atoms with Crippen LogP contribution in [0.1, 0.15) is 24.6 Å². The van der Waals surface area contributed by atoms with Gasteiger partial charge in [0.1, 0.15) is 17.3 Å². The Bertz CT molecular complexity index is 1060. The molecule has 0 radical (unpaired) electrons. The maximum atomic E-state index is 6.16. The molecular formula is C21H23ClN4O2S. The smallest absolute Gasteiger partial charge is 0.199 e. The minimum absolute atomic E-state index is 0.319. The van der Waals surface area contributed by atoms with Gasteiger partial charge in [0.2, 0.25) is 0 Å². The largest absolute Gasteiger partial charge is 0.497 e. The Morgan fingerprint density at radius 2 is 1.86 bits per heavy atom. The van der Waals surface area contributed by atoms with Crippen LogP contribution in [0.5, 0.6) is 11.5 Å². The second-order valence-corrected chi connectivity index (χ2v) is 7.80. The van der Waals surface area contributed by atoms with Crippen LogP contribution in [-0.2, 0) is 0 Å². The van der Waals surface area contributed by atoms with Crippen LogP contribution >= 0.6 is 23.8 Å². The van der Waals surface area contributed by atoms with E-state index >= 15 is 0 Å². The van der Waals surface area contributed by atoms with Crippen molar-refractivity contribution >= 4 is 29.5 Å². The molecule has 4 rings (SSSR count). The van der Waals surface area contributed by atoms with E-state index in [4.69, 9.17) is 33.3 Å². The van der Waals surface area contributed by atoms with Crippen molar-refractivity contribution in [3.63, 3.8) is 0 Å². The Morgan fingerprint density at radius 3 is 2.59 bits per heavy atom. The number of ether oxygens (including phenoxy) is 2. The highest BCUT2D eigenvalue weighted by Crippen LogP contribution is 2.34. The summed E-state index contributed by atoms with van der Waals surface area (Å²) in [4.78, 5) is 2.35. The van der Waals surface area contributed by atoms with E-state index in [1.165, 1.54) is 0 Å². The van der Waals surface area contributed by atoms with Crippen molar-refractivity contribution in [3.05, 3.63) is 58.1 Å². The molecule has 1 N–H and O–H groups in total. The number of aromatic nitrogens is 3. The molecule has 0 bridgehead atoms. The fraction of sp³-hybridized carbons (Fsp3) is 0.333. The molecule has 0 aliphatic carbocycles. The van der Waals surface area contributed by atoms with Gasteiger partial charge in [0, 0.05) is 36.8 Å². The molecule has 0 saturated carbocycles. The van der Waals surface area contributed by atoms with Gasteiger partial charge in [-0.15, -0.1) is 0 Å². The molecule has 152 valence electrons. The molecule has 1 saturated heterocycles. The highest BCUT2D eigenvalue weighted by Gasteiger charge is 2.26. The molecule has 0 spiro atoms. The summed E-state index contributed by atoms with van der Waals surface area (Å²) in [5, 5.41) is 8.15. The maximum absolute atomic E-state index is 6.16. The molecule has 1 aliphatic heterocycles. The van der Waals surface area contributed by atoms with E-state index in [1.54, 1.807) is 14.2 Å². The van der Waals surface area contributed by atoms with E-state index < -0.39 is 0 Å². The van der Waals surface area contributed by atoms with Crippen molar-refractivity contribution < 1.29 is 9.47 Å². The van der Waals surface area contributed by atoms with E-state index in [0.29, 0.717) is 21.5 Å². The minimum atomic E-state index is 0.319. The molecule has 2 aromatic carbocycles. The van der Waals surface area contributed by atoms with Crippen LogP contribution in [0.4, 0.5) is 5.69 Å². The zero-order chi connectivity index (χ0) is 20.4. The number of hydrogen-bond donors (Lipinski definition) is 1. The van der Waals surface area contributed by atoms with Gasteiger partial charge in [-0.2, -0.15) is 5.10 Å². The lowest BCUT2D eigenvalue weighted by atomic mass is 9.95.